The summed E-state index contributed by atoms with van der Waals surface area (Å²) < 4.78 is 25.3. The fraction of sp³-hybridized carbons (Fsp3) is 0.278. The number of sulfonamides is 1. The number of benzene rings is 2. The van der Waals surface area contributed by atoms with Gasteiger partial charge in [0.15, 0.2) is 0 Å². The van der Waals surface area contributed by atoms with E-state index in [0.717, 1.165) is 27.3 Å². The maximum Gasteiger partial charge on any atom is 0.245 e. The highest BCUT2D eigenvalue weighted by Gasteiger charge is 2.22. The first-order chi connectivity index (χ1) is 11.6. The van der Waals surface area contributed by atoms with Crippen LogP contribution >= 0.6 is 11.6 Å². The van der Waals surface area contributed by atoms with Crippen LogP contribution in [0.2, 0.25) is 5.02 Å². The van der Waals surface area contributed by atoms with Gasteiger partial charge >= 0.3 is 0 Å². The zero-order valence-corrected chi connectivity index (χ0v) is 16.2. The van der Waals surface area contributed by atoms with Gasteiger partial charge in [-0.2, -0.15) is 0 Å². The smallest absolute Gasteiger partial charge is 0.245 e. The molecule has 2 aromatic rings. The highest BCUT2D eigenvalue weighted by molar-refractivity contribution is 7.92. The number of carbonyl (C=O) groups is 1. The van der Waals surface area contributed by atoms with Crippen molar-refractivity contribution in [3.05, 3.63) is 58.1 Å². The summed E-state index contributed by atoms with van der Waals surface area (Å²) in [5, 5.41) is 3.24. The molecule has 1 N–H and O–H groups in total. The molecule has 0 saturated heterocycles. The monoisotopic (exact) mass is 380 g/mol. The van der Waals surface area contributed by atoms with Crippen LogP contribution in [0.15, 0.2) is 36.4 Å². The number of anilines is 2. The molecule has 25 heavy (non-hydrogen) atoms. The van der Waals surface area contributed by atoms with Gasteiger partial charge in [0.25, 0.3) is 0 Å². The molecular weight excluding hydrogens is 360 g/mol. The van der Waals surface area contributed by atoms with Crippen LogP contribution in [0.25, 0.3) is 0 Å². The van der Waals surface area contributed by atoms with Gasteiger partial charge in [-0.05, 0) is 49.6 Å². The second-order valence-electron chi connectivity index (χ2n) is 6.02. The Bertz CT molecular complexity index is 890. The maximum atomic E-state index is 12.4. The van der Waals surface area contributed by atoms with Crippen molar-refractivity contribution >= 4 is 38.9 Å². The first-order valence-electron chi connectivity index (χ1n) is 7.69. The standard InChI is InChI=1S/C18H21ClN2O3S/c1-12-8-9-15(10-16(12)19)21(25(4,23)24)11-17(22)20-18-13(2)6-5-7-14(18)3/h5-10H,11H2,1-4H3,(H,20,22). The number of hydrogen-bond donors (Lipinski definition) is 1. The maximum absolute atomic E-state index is 12.4. The van der Waals surface area contributed by atoms with Crippen LogP contribution in [0.3, 0.4) is 0 Å². The summed E-state index contributed by atoms with van der Waals surface area (Å²) in [7, 11) is -3.64. The summed E-state index contributed by atoms with van der Waals surface area (Å²) in [6.45, 7) is 5.27. The van der Waals surface area contributed by atoms with Gasteiger partial charge in [0, 0.05) is 10.7 Å². The third-order valence-corrected chi connectivity index (χ3v) is 5.42. The Kier molecular flexibility index (Phi) is 5.75. The number of amides is 1. The Morgan fingerprint density at radius 2 is 1.68 bits per heavy atom. The Morgan fingerprint density at radius 1 is 1.08 bits per heavy atom. The summed E-state index contributed by atoms with van der Waals surface area (Å²) in [6, 6.07) is 10.6. The van der Waals surface area contributed by atoms with Gasteiger partial charge in [0.05, 0.1) is 11.9 Å². The van der Waals surface area contributed by atoms with Crippen molar-refractivity contribution < 1.29 is 13.2 Å². The molecular formula is C18H21ClN2O3S. The van der Waals surface area contributed by atoms with Crippen LogP contribution in [-0.4, -0.2) is 27.1 Å². The number of nitrogens with zero attached hydrogens (tertiary/aromatic N) is 1. The lowest BCUT2D eigenvalue weighted by Gasteiger charge is -2.23. The average Bonchev–Trinajstić information content (AvgIpc) is 2.50. The Labute approximate surface area is 153 Å². The van der Waals surface area contributed by atoms with Gasteiger partial charge in [-0.1, -0.05) is 35.9 Å². The summed E-state index contributed by atoms with van der Waals surface area (Å²) in [5.74, 6) is -0.417. The number of rotatable bonds is 5. The molecule has 2 rings (SSSR count). The molecule has 134 valence electrons. The number of halogens is 1. The van der Waals surface area contributed by atoms with Crippen molar-refractivity contribution in [3.63, 3.8) is 0 Å². The van der Waals surface area contributed by atoms with E-state index in [1.54, 1.807) is 18.2 Å². The van der Waals surface area contributed by atoms with Crippen molar-refractivity contribution in [2.24, 2.45) is 0 Å². The van der Waals surface area contributed by atoms with Crippen LogP contribution in [0.1, 0.15) is 16.7 Å². The lowest BCUT2D eigenvalue weighted by molar-refractivity contribution is -0.114. The van der Waals surface area contributed by atoms with Gasteiger partial charge in [0.2, 0.25) is 15.9 Å². The first-order valence-corrected chi connectivity index (χ1v) is 9.92. The number of nitrogens with one attached hydrogen (secondary N) is 1. The van der Waals surface area contributed by atoms with E-state index < -0.39 is 15.9 Å². The predicted molar refractivity (Wildman–Crippen MR) is 103 cm³/mol. The van der Waals surface area contributed by atoms with E-state index in [4.69, 9.17) is 11.6 Å². The summed E-state index contributed by atoms with van der Waals surface area (Å²) in [5.41, 5.74) is 3.71. The van der Waals surface area contributed by atoms with Crippen molar-refractivity contribution in [1.29, 1.82) is 0 Å². The van der Waals surface area contributed by atoms with Crippen molar-refractivity contribution in [1.82, 2.24) is 0 Å². The molecule has 2 aromatic carbocycles. The van der Waals surface area contributed by atoms with Crippen molar-refractivity contribution in [2.75, 3.05) is 22.4 Å². The molecule has 0 unspecified atom stereocenters. The number of carbonyl (C=O) groups excluding carboxylic acids is 1. The fourth-order valence-corrected chi connectivity index (χ4v) is 3.48. The third-order valence-electron chi connectivity index (χ3n) is 3.88. The molecule has 0 aliphatic rings. The minimum Gasteiger partial charge on any atom is -0.324 e. The third kappa shape index (κ3) is 4.74. The molecule has 0 heterocycles. The summed E-state index contributed by atoms with van der Waals surface area (Å²) in [4.78, 5) is 12.4. The largest absolute Gasteiger partial charge is 0.324 e. The highest BCUT2D eigenvalue weighted by Crippen LogP contribution is 2.25. The predicted octanol–water partition coefficient (Wildman–Crippen LogP) is 3.67. The van der Waals surface area contributed by atoms with Gasteiger partial charge in [-0.3, -0.25) is 9.10 Å². The molecule has 0 aliphatic carbocycles. The molecule has 0 radical (unpaired) electrons. The van der Waals surface area contributed by atoms with Gasteiger partial charge in [0.1, 0.15) is 6.54 Å². The van der Waals surface area contributed by atoms with E-state index in [1.165, 1.54) is 0 Å². The molecule has 0 fully saturated rings. The van der Waals surface area contributed by atoms with E-state index in [0.29, 0.717) is 16.4 Å². The van der Waals surface area contributed by atoms with Crippen LogP contribution in [-0.2, 0) is 14.8 Å². The Hall–Kier alpha value is -2.05. The normalized spacial score (nSPS) is 11.2. The molecule has 1 amide bonds. The second-order valence-corrected chi connectivity index (χ2v) is 8.33. The van der Waals surface area contributed by atoms with E-state index >= 15 is 0 Å². The zero-order valence-electron chi connectivity index (χ0n) is 14.6. The van der Waals surface area contributed by atoms with Crippen LogP contribution in [0.5, 0.6) is 0 Å². The van der Waals surface area contributed by atoms with E-state index in [-0.39, 0.29) is 6.54 Å². The molecule has 5 nitrogen and oxygen atoms in total. The Balaban J connectivity index is 2.29. The van der Waals surface area contributed by atoms with Gasteiger partial charge in [-0.15, -0.1) is 0 Å². The lowest BCUT2D eigenvalue weighted by atomic mass is 10.1. The molecule has 0 saturated carbocycles. The summed E-state index contributed by atoms with van der Waals surface area (Å²) in [6.07, 6.45) is 1.06. The molecule has 7 heteroatoms. The van der Waals surface area contributed by atoms with E-state index in [9.17, 15) is 13.2 Å². The minimum absolute atomic E-state index is 0.327. The van der Waals surface area contributed by atoms with Gasteiger partial charge < -0.3 is 5.32 Å². The minimum atomic E-state index is -3.64. The van der Waals surface area contributed by atoms with Crippen LogP contribution < -0.4 is 9.62 Å². The first kappa shape index (κ1) is 19.3. The Morgan fingerprint density at radius 3 is 2.20 bits per heavy atom. The highest BCUT2D eigenvalue weighted by atomic mass is 35.5. The average molecular weight is 381 g/mol. The molecule has 0 bridgehead atoms. The SMILES string of the molecule is Cc1ccc(N(CC(=O)Nc2c(C)cccc2C)S(C)(=O)=O)cc1Cl. The van der Waals surface area contributed by atoms with Gasteiger partial charge in [-0.25, -0.2) is 8.42 Å². The summed E-state index contributed by atoms with van der Waals surface area (Å²) >= 11 is 6.09. The molecule has 0 atom stereocenters. The molecule has 0 aliphatic heterocycles. The fourth-order valence-electron chi connectivity index (χ4n) is 2.46. The molecule has 0 aromatic heterocycles. The number of para-hydroxylation sites is 1. The quantitative estimate of drug-likeness (QED) is 0.860. The van der Waals surface area contributed by atoms with Crippen LogP contribution in [0, 0.1) is 20.8 Å². The number of hydrogen-bond acceptors (Lipinski definition) is 3. The van der Waals surface area contributed by atoms with Crippen molar-refractivity contribution in [2.45, 2.75) is 20.8 Å². The second kappa shape index (κ2) is 7.45. The topological polar surface area (TPSA) is 66.5 Å². The van der Waals surface area contributed by atoms with Crippen molar-refractivity contribution in [3.8, 4) is 0 Å². The van der Waals surface area contributed by atoms with E-state index in [2.05, 4.69) is 5.32 Å². The van der Waals surface area contributed by atoms with E-state index in [1.807, 2.05) is 39.0 Å². The molecule has 0 spiro atoms. The lowest BCUT2D eigenvalue weighted by Crippen LogP contribution is -2.37. The zero-order chi connectivity index (χ0) is 18.8. The number of aryl methyl sites for hydroxylation is 3. The van der Waals surface area contributed by atoms with Crippen LogP contribution in [0.4, 0.5) is 11.4 Å².